The van der Waals surface area contributed by atoms with Gasteiger partial charge in [-0.15, -0.1) is 0 Å². The van der Waals surface area contributed by atoms with E-state index in [0.717, 1.165) is 16.9 Å². The molecule has 1 N–H and O–H groups in total. The number of fused-ring (bicyclic) bond motifs is 2. The van der Waals surface area contributed by atoms with Crippen molar-refractivity contribution in [1.29, 1.82) is 0 Å². The summed E-state index contributed by atoms with van der Waals surface area (Å²) >= 11 is 1.02. The summed E-state index contributed by atoms with van der Waals surface area (Å²) in [6.07, 6.45) is 1.91. The lowest BCUT2D eigenvalue weighted by atomic mass is 9.62. The van der Waals surface area contributed by atoms with E-state index in [2.05, 4.69) is 10.3 Å². The molecule has 2 aliphatic rings. The number of benzene rings is 1. The first-order valence-electron chi connectivity index (χ1n) is 11.9. The third-order valence-electron chi connectivity index (χ3n) is 7.97. The van der Waals surface area contributed by atoms with E-state index in [-0.39, 0.29) is 29.3 Å². The highest BCUT2D eigenvalue weighted by Crippen LogP contribution is 2.60. The number of rotatable bonds is 7. The third-order valence-corrected chi connectivity index (χ3v) is 8.97. The first-order valence-corrected chi connectivity index (χ1v) is 12.7. The summed E-state index contributed by atoms with van der Waals surface area (Å²) in [6, 6.07) is 8.28. The second kappa shape index (κ2) is 9.18. The van der Waals surface area contributed by atoms with Crippen molar-refractivity contribution >= 4 is 40.2 Å². The molecule has 4 rings (SSSR count). The number of carbonyl (C=O) groups is 4. The zero-order valence-electron chi connectivity index (χ0n) is 20.7. The molecule has 2 heterocycles. The van der Waals surface area contributed by atoms with Crippen LogP contribution in [0.15, 0.2) is 30.3 Å². The molecular weight excluding hydrogens is 466 g/mol. The molecule has 1 saturated carbocycles. The maximum atomic E-state index is 13.8. The van der Waals surface area contributed by atoms with Crippen molar-refractivity contribution in [3.8, 4) is 0 Å². The number of anilines is 1. The van der Waals surface area contributed by atoms with Gasteiger partial charge in [0.25, 0.3) is 0 Å². The van der Waals surface area contributed by atoms with E-state index >= 15 is 0 Å². The highest BCUT2D eigenvalue weighted by atomic mass is 32.1. The fourth-order valence-electron chi connectivity index (χ4n) is 5.37. The number of thiazole rings is 1. The van der Waals surface area contributed by atoms with Gasteiger partial charge in [-0.2, -0.15) is 0 Å². The molecule has 2 fully saturated rings. The molecule has 1 aliphatic carbocycles. The molecule has 2 aromatic rings. The van der Waals surface area contributed by atoms with Gasteiger partial charge in [-0.3, -0.25) is 19.3 Å². The average molecular weight is 498 g/mol. The van der Waals surface area contributed by atoms with Crippen molar-refractivity contribution in [3.05, 3.63) is 46.5 Å². The monoisotopic (exact) mass is 497 g/mol. The predicted molar refractivity (Wildman–Crippen MR) is 132 cm³/mol. The van der Waals surface area contributed by atoms with Crippen LogP contribution >= 0.6 is 11.3 Å². The number of nitrogens with zero attached hydrogens (tertiary/aromatic N) is 2. The normalized spacial score (nSPS) is 23.8. The van der Waals surface area contributed by atoms with Gasteiger partial charge in [-0.05, 0) is 30.2 Å². The number of methoxy groups -OCH3 is 1. The summed E-state index contributed by atoms with van der Waals surface area (Å²) in [6.45, 7) is 7.71. The Morgan fingerprint density at radius 3 is 2.54 bits per heavy atom. The minimum Gasteiger partial charge on any atom is -0.465 e. The minimum atomic E-state index is -1.04. The lowest BCUT2D eigenvalue weighted by Gasteiger charge is -2.49. The van der Waals surface area contributed by atoms with Crippen LogP contribution in [0.3, 0.4) is 0 Å². The second-order valence-corrected chi connectivity index (χ2v) is 11.0. The molecule has 35 heavy (non-hydrogen) atoms. The van der Waals surface area contributed by atoms with Crippen molar-refractivity contribution in [2.45, 2.75) is 59.4 Å². The molecule has 0 spiro atoms. The van der Waals surface area contributed by atoms with Gasteiger partial charge in [0.2, 0.25) is 17.7 Å². The van der Waals surface area contributed by atoms with E-state index in [4.69, 9.17) is 4.74 Å². The van der Waals surface area contributed by atoms with Crippen LogP contribution in [0, 0.1) is 16.7 Å². The van der Waals surface area contributed by atoms with Crippen LogP contribution in [0.4, 0.5) is 5.13 Å². The number of esters is 1. The van der Waals surface area contributed by atoms with Gasteiger partial charge in [0.15, 0.2) is 5.13 Å². The highest BCUT2D eigenvalue weighted by molar-refractivity contribution is 7.17. The quantitative estimate of drug-likeness (QED) is 0.460. The summed E-state index contributed by atoms with van der Waals surface area (Å²) in [5.74, 6) is -1.95. The lowest BCUT2D eigenvalue weighted by molar-refractivity contribution is -0.172. The number of likely N-dealkylation sites (tertiary alicyclic amines) is 1. The van der Waals surface area contributed by atoms with Crippen LogP contribution in [0.5, 0.6) is 0 Å². The van der Waals surface area contributed by atoms with Gasteiger partial charge in [-0.25, -0.2) is 9.78 Å². The van der Waals surface area contributed by atoms with E-state index < -0.39 is 28.7 Å². The van der Waals surface area contributed by atoms with Crippen LogP contribution in [0.1, 0.15) is 61.5 Å². The number of aromatic nitrogens is 1. The zero-order valence-corrected chi connectivity index (χ0v) is 21.5. The number of ether oxygens (including phenoxy) is 1. The molecule has 3 amide bonds. The van der Waals surface area contributed by atoms with Crippen LogP contribution in [0.25, 0.3) is 0 Å². The van der Waals surface area contributed by atoms with Crippen LogP contribution in [-0.4, -0.2) is 46.7 Å². The highest BCUT2D eigenvalue weighted by Gasteiger charge is 2.65. The molecule has 1 aromatic carbocycles. The largest absolute Gasteiger partial charge is 0.465 e. The molecule has 1 saturated heterocycles. The Bertz CT molecular complexity index is 1170. The number of nitrogens with one attached hydrogen (secondary N) is 1. The molecule has 2 bridgehead atoms. The summed E-state index contributed by atoms with van der Waals surface area (Å²) in [4.78, 5) is 59.1. The Morgan fingerprint density at radius 1 is 1.23 bits per heavy atom. The van der Waals surface area contributed by atoms with E-state index in [0.29, 0.717) is 29.8 Å². The topological polar surface area (TPSA) is 106 Å². The zero-order chi connectivity index (χ0) is 25.5. The molecule has 186 valence electrons. The summed E-state index contributed by atoms with van der Waals surface area (Å²) in [5, 5.41) is 3.01. The number of hydrogen-bond acceptors (Lipinski definition) is 7. The van der Waals surface area contributed by atoms with Crippen molar-refractivity contribution in [1.82, 2.24) is 9.88 Å². The molecular formula is C26H31N3O5S. The van der Waals surface area contributed by atoms with Crippen LogP contribution in [-0.2, 0) is 32.0 Å². The number of imide groups is 1. The van der Waals surface area contributed by atoms with Crippen molar-refractivity contribution < 1.29 is 23.9 Å². The molecule has 3 unspecified atom stereocenters. The molecule has 1 aromatic heterocycles. The van der Waals surface area contributed by atoms with E-state index in [1.807, 2.05) is 58.0 Å². The van der Waals surface area contributed by atoms with Gasteiger partial charge in [0.1, 0.15) is 10.9 Å². The Balaban J connectivity index is 1.70. The Morgan fingerprint density at radius 2 is 1.91 bits per heavy atom. The summed E-state index contributed by atoms with van der Waals surface area (Å²) < 4.78 is 4.83. The van der Waals surface area contributed by atoms with Crippen LogP contribution < -0.4 is 5.32 Å². The molecule has 3 atom stereocenters. The van der Waals surface area contributed by atoms with Crippen molar-refractivity contribution in [3.63, 3.8) is 0 Å². The number of amides is 3. The number of piperidine rings is 1. The first-order chi connectivity index (χ1) is 16.5. The summed E-state index contributed by atoms with van der Waals surface area (Å²) in [5.41, 5.74) is 0.148. The Hall–Kier alpha value is -3.07. The minimum absolute atomic E-state index is 0.184. The average Bonchev–Trinajstić information content (AvgIpc) is 3.32. The molecule has 9 heteroatoms. The Kier molecular flexibility index (Phi) is 6.57. The SMILES string of the molecule is CCc1nc(NC(=O)C(Cc2ccccc2)N2C(=O)C3CCC(C)(C2=O)C3(C)C)sc1C(=O)OC. The Labute approximate surface area is 209 Å². The number of carbonyl (C=O) groups excluding carboxylic acids is 4. The smallest absolute Gasteiger partial charge is 0.350 e. The van der Waals surface area contributed by atoms with E-state index in [1.54, 1.807) is 0 Å². The number of aryl methyl sites for hydroxylation is 1. The maximum absolute atomic E-state index is 13.8. The predicted octanol–water partition coefficient (Wildman–Crippen LogP) is 3.85. The van der Waals surface area contributed by atoms with Gasteiger partial charge in [0, 0.05) is 12.3 Å². The summed E-state index contributed by atoms with van der Waals surface area (Å²) in [7, 11) is 1.29. The van der Waals surface area contributed by atoms with Crippen LogP contribution in [0.2, 0.25) is 0 Å². The van der Waals surface area contributed by atoms with E-state index in [9.17, 15) is 19.2 Å². The van der Waals surface area contributed by atoms with Gasteiger partial charge >= 0.3 is 5.97 Å². The lowest BCUT2D eigenvalue weighted by Crippen LogP contribution is -2.64. The van der Waals surface area contributed by atoms with E-state index in [1.165, 1.54) is 12.0 Å². The molecule has 8 nitrogen and oxygen atoms in total. The first kappa shape index (κ1) is 25.0. The molecule has 1 aliphatic heterocycles. The number of hydrogen-bond donors (Lipinski definition) is 1. The van der Waals surface area contributed by atoms with Gasteiger partial charge in [-0.1, -0.05) is 69.4 Å². The fourth-order valence-corrected chi connectivity index (χ4v) is 6.34. The van der Waals surface area contributed by atoms with Gasteiger partial charge < -0.3 is 10.1 Å². The van der Waals surface area contributed by atoms with Crippen molar-refractivity contribution in [2.75, 3.05) is 12.4 Å². The maximum Gasteiger partial charge on any atom is 0.350 e. The van der Waals surface area contributed by atoms with Gasteiger partial charge in [0.05, 0.1) is 18.2 Å². The van der Waals surface area contributed by atoms with Crippen molar-refractivity contribution in [2.24, 2.45) is 16.7 Å². The standard InChI is InChI=1S/C26H31N3O5S/c1-6-17-19(22(32)34-5)35-24(27-17)28-20(30)18(14-15-10-8-7-9-11-15)29-21(31)16-12-13-26(4,23(29)33)25(16,2)3/h7-11,16,18H,6,12-14H2,1-5H3,(H,27,28,30). The molecule has 0 radical (unpaired) electrons. The third kappa shape index (κ3) is 4.05. The fraction of sp³-hybridized carbons (Fsp3) is 0.500. The second-order valence-electron chi connectivity index (χ2n) is 9.99.